The van der Waals surface area contributed by atoms with Crippen molar-refractivity contribution in [2.45, 2.75) is 12.5 Å². The first-order valence-corrected chi connectivity index (χ1v) is 10.1. The molecule has 1 fully saturated rings. The van der Waals surface area contributed by atoms with Gasteiger partial charge in [0.2, 0.25) is 0 Å². The van der Waals surface area contributed by atoms with Gasteiger partial charge in [-0.15, -0.1) is 0 Å². The highest BCUT2D eigenvalue weighted by Gasteiger charge is 2.46. The van der Waals surface area contributed by atoms with Gasteiger partial charge in [-0.3, -0.25) is 9.59 Å². The molecule has 1 atom stereocenters. The average molecular weight is 446 g/mol. The van der Waals surface area contributed by atoms with Gasteiger partial charge in [-0.1, -0.05) is 29.8 Å². The number of rotatable bonds is 8. The Hall–Kier alpha value is -3.03. The molecule has 1 saturated heterocycles. The van der Waals surface area contributed by atoms with E-state index in [1.54, 1.807) is 49.6 Å². The Kier molecular flexibility index (Phi) is 7.20. The fourth-order valence-corrected chi connectivity index (χ4v) is 3.83. The highest BCUT2D eigenvalue weighted by molar-refractivity contribution is 6.46. The van der Waals surface area contributed by atoms with Crippen molar-refractivity contribution in [2.75, 3.05) is 34.5 Å². The molecule has 1 unspecified atom stereocenters. The number of ether oxygens (including phenoxy) is 3. The van der Waals surface area contributed by atoms with Gasteiger partial charge in [0.1, 0.15) is 22.8 Å². The second-order valence-electron chi connectivity index (χ2n) is 6.93. The van der Waals surface area contributed by atoms with Crippen LogP contribution in [0.25, 0.3) is 5.76 Å². The van der Waals surface area contributed by atoms with E-state index >= 15 is 0 Å². The molecule has 7 nitrogen and oxygen atoms in total. The van der Waals surface area contributed by atoms with E-state index in [0.29, 0.717) is 35.1 Å². The number of likely N-dealkylation sites (tertiary alicyclic amines) is 1. The number of hydrogen-bond donors (Lipinski definition) is 1. The molecule has 1 aliphatic heterocycles. The smallest absolute Gasteiger partial charge is 0.295 e. The van der Waals surface area contributed by atoms with E-state index in [9.17, 15) is 14.7 Å². The van der Waals surface area contributed by atoms with E-state index in [0.717, 1.165) is 0 Å². The summed E-state index contributed by atoms with van der Waals surface area (Å²) in [5.74, 6) is -1.19. The normalized spacial score (nSPS) is 17.8. The van der Waals surface area contributed by atoms with E-state index in [4.69, 9.17) is 25.8 Å². The van der Waals surface area contributed by atoms with Gasteiger partial charge in [0, 0.05) is 25.3 Å². The molecule has 164 valence electrons. The maximum Gasteiger partial charge on any atom is 0.295 e. The van der Waals surface area contributed by atoms with Gasteiger partial charge in [-0.2, -0.15) is 0 Å². The fraction of sp³-hybridized carbons (Fsp3) is 0.304. The fourth-order valence-electron chi connectivity index (χ4n) is 3.70. The number of carbonyl (C=O) groups excluding carboxylic acids is 2. The van der Waals surface area contributed by atoms with E-state index in [1.165, 1.54) is 19.1 Å². The zero-order valence-corrected chi connectivity index (χ0v) is 18.3. The van der Waals surface area contributed by atoms with Crippen molar-refractivity contribution in [2.24, 2.45) is 0 Å². The molecule has 0 aliphatic carbocycles. The SMILES string of the molecule is COCCCN1C(=O)C(=O)/C(=C(/O)c2c(OC)cccc2OC)C1c1ccc(Cl)cc1. The van der Waals surface area contributed by atoms with Crippen LogP contribution in [0, 0.1) is 0 Å². The van der Waals surface area contributed by atoms with Gasteiger partial charge in [0.25, 0.3) is 11.7 Å². The summed E-state index contributed by atoms with van der Waals surface area (Å²) < 4.78 is 15.8. The minimum Gasteiger partial charge on any atom is -0.506 e. The Labute approximate surface area is 185 Å². The summed E-state index contributed by atoms with van der Waals surface area (Å²) in [7, 11) is 4.47. The highest BCUT2D eigenvalue weighted by Crippen LogP contribution is 2.43. The molecule has 0 spiro atoms. The summed E-state index contributed by atoms with van der Waals surface area (Å²) in [5, 5.41) is 11.8. The van der Waals surface area contributed by atoms with Crippen LogP contribution in [-0.4, -0.2) is 56.2 Å². The lowest BCUT2D eigenvalue weighted by molar-refractivity contribution is -0.140. The summed E-state index contributed by atoms with van der Waals surface area (Å²) in [5.41, 5.74) is 0.824. The van der Waals surface area contributed by atoms with Gasteiger partial charge < -0.3 is 24.2 Å². The van der Waals surface area contributed by atoms with Gasteiger partial charge in [-0.25, -0.2) is 0 Å². The molecule has 1 amide bonds. The van der Waals surface area contributed by atoms with Crippen molar-refractivity contribution in [1.82, 2.24) is 4.90 Å². The first-order valence-electron chi connectivity index (χ1n) is 9.68. The van der Waals surface area contributed by atoms with Crippen molar-refractivity contribution in [3.05, 3.63) is 64.2 Å². The van der Waals surface area contributed by atoms with Crippen LogP contribution < -0.4 is 9.47 Å². The lowest BCUT2D eigenvalue weighted by Gasteiger charge is -2.25. The van der Waals surface area contributed by atoms with E-state index < -0.39 is 17.7 Å². The number of hydrogen-bond acceptors (Lipinski definition) is 6. The minimum atomic E-state index is -0.788. The maximum atomic E-state index is 13.1. The number of nitrogens with zero attached hydrogens (tertiary/aromatic N) is 1. The van der Waals surface area contributed by atoms with Crippen LogP contribution in [0.4, 0.5) is 0 Å². The summed E-state index contributed by atoms with van der Waals surface area (Å²) in [6.07, 6.45) is 0.533. The highest BCUT2D eigenvalue weighted by atomic mass is 35.5. The monoisotopic (exact) mass is 445 g/mol. The molecule has 0 aromatic heterocycles. The molecule has 2 aromatic rings. The summed E-state index contributed by atoms with van der Waals surface area (Å²) >= 11 is 6.03. The predicted octanol–water partition coefficient (Wildman–Crippen LogP) is 3.82. The second kappa shape index (κ2) is 9.85. The van der Waals surface area contributed by atoms with Crippen LogP contribution in [0.5, 0.6) is 11.5 Å². The molecule has 1 heterocycles. The summed E-state index contributed by atoms with van der Waals surface area (Å²) in [4.78, 5) is 27.4. The van der Waals surface area contributed by atoms with E-state index in [2.05, 4.69) is 0 Å². The Balaban J connectivity index is 2.21. The largest absolute Gasteiger partial charge is 0.506 e. The quantitative estimate of drug-likeness (QED) is 0.288. The Morgan fingerprint density at radius 2 is 1.65 bits per heavy atom. The lowest BCUT2D eigenvalue weighted by Crippen LogP contribution is -2.31. The van der Waals surface area contributed by atoms with Gasteiger partial charge in [0.05, 0.1) is 25.8 Å². The van der Waals surface area contributed by atoms with Gasteiger partial charge >= 0.3 is 0 Å². The molecular weight excluding hydrogens is 422 g/mol. The van der Waals surface area contributed by atoms with Crippen LogP contribution in [-0.2, 0) is 14.3 Å². The molecule has 0 saturated carbocycles. The molecule has 1 N–H and O–H groups in total. The Morgan fingerprint density at radius 3 is 2.19 bits per heavy atom. The number of methoxy groups -OCH3 is 3. The standard InChI is InChI=1S/C23H24ClNO6/c1-29-13-5-12-25-20(14-8-10-15(24)11-9-14)19(22(27)23(25)28)21(26)18-16(30-2)6-4-7-17(18)31-3/h4,6-11,20,26H,5,12-13H2,1-3H3/b21-19+. The van der Waals surface area contributed by atoms with E-state index in [-0.39, 0.29) is 23.4 Å². The molecular formula is C23H24ClNO6. The number of Topliss-reactive ketones (excluding diaryl/α,β-unsaturated/α-hetero) is 1. The zero-order valence-electron chi connectivity index (χ0n) is 17.6. The number of aliphatic hydroxyl groups excluding tert-OH is 1. The molecule has 2 aromatic carbocycles. The molecule has 1 aliphatic rings. The molecule has 8 heteroatoms. The van der Waals surface area contributed by atoms with Crippen molar-refractivity contribution in [3.63, 3.8) is 0 Å². The molecule has 0 bridgehead atoms. The topological polar surface area (TPSA) is 85.3 Å². The van der Waals surface area contributed by atoms with Crippen molar-refractivity contribution in [3.8, 4) is 11.5 Å². The lowest BCUT2D eigenvalue weighted by atomic mass is 9.94. The van der Waals surface area contributed by atoms with Crippen molar-refractivity contribution >= 4 is 29.1 Å². The van der Waals surface area contributed by atoms with Crippen LogP contribution in [0.3, 0.4) is 0 Å². The minimum absolute atomic E-state index is 0.0347. The van der Waals surface area contributed by atoms with Crippen molar-refractivity contribution in [1.29, 1.82) is 0 Å². The number of benzene rings is 2. The number of halogens is 1. The third kappa shape index (κ3) is 4.38. The third-order valence-electron chi connectivity index (χ3n) is 5.14. The van der Waals surface area contributed by atoms with Crippen LogP contribution in [0.1, 0.15) is 23.6 Å². The van der Waals surface area contributed by atoms with Gasteiger partial charge in [0.15, 0.2) is 0 Å². The maximum absolute atomic E-state index is 13.1. The predicted molar refractivity (Wildman–Crippen MR) is 117 cm³/mol. The third-order valence-corrected chi connectivity index (χ3v) is 5.39. The summed E-state index contributed by atoms with van der Waals surface area (Å²) in [6, 6.07) is 11.0. The molecule has 3 rings (SSSR count). The van der Waals surface area contributed by atoms with Crippen molar-refractivity contribution < 1.29 is 28.9 Å². The van der Waals surface area contributed by atoms with E-state index in [1.807, 2.05) is 0 Å². The summed E-state index contributed by atoms with van der Waals surface area (Å²) in [6.45, 7) is 0.711. The first-order chi connectivity index (χ1) is 14.9. The Bertz CT molecular complexity index is 979. The van der Waals surface area contributed by atoms with Crippen LogP contribution in [0.15, 0.2) is 48.0 Å². The zero-order chi connectivity index (χ0) is 22.5. The number of aliphatic hydroxyl groups is 1. The second-order valence-corrected chi connectivity index (χ2v) is 7.36. The number of carbonyl (C=O) groups is 2. The van der Waals surface area contributed by atoms with Crippen LogP contribution >= 0.6 is 11.6 Å². The van der Waals surface area contributed by atoms with Crippen LogP contribution in [0.2, 0.25) is 5.02 Å². The molecule has 31 heavy (non-hydrogen) atoms. The molecule has 0 radical (unpaired) electrons. The number of amides is 1. The Morgan fingerprint density at radius 1 is 1.03 bits per heavy atom. The average Bonchev–Trinajstić information content (AvgIpc) is 3.03. The van der Waals surface area contributed by atoms with Gasteiger partial charge in [-0.05, 0) is 36.2 Å². The first kappa shape index (κ1) is 22.7. The number of ketones is 1.